The third-order valence-corrected chi connectivity index (χ3v) is 3.12. The Morgan fingerprint density at radius 1 is 0.960 bits per heavy atom. The van der Waals surface area contributed by atoms with E-state index in [2.05, 4.69) is 10.6 Å². The molecule has 2 N–H and O–H groups in total. The highest BCUT2D eigenvalue weighted by Crippen LogP contribution is 2.21. The second-order valence-corrected chi connectivity index (χ2v) is 4.99. The molecule has 2 amide bonds. The molecule has 2 rings (SSSR count). The van der Waals surface area contributed by atoms with E-state index in [-0.39, 0.29) is 11.6 Å². The van der Waals surface area contributed by atoms with E-state index in [0.717, 1.165) is 18.2 Å². The highest BCUT2D eigenvalue weighted by atomic mass is 16.6. The summed E-state index contributed by atoms with van der Waals surface area (Å²) in [5.74, 6) is -2.80. The van der Waals surface area contributed by atoms with Gasteiger partial charge in [0.1, 0.15) is 0 Å². The van der Waals surface area contributed by atoms with Gasteiger partial charge in [-0.2, -0.15) is 0 Å². The smallest absolute Gasteiger partial charge is 0.270 e. The van der Waals surface area contributed by atoms with Gasteiger partial charge in [-0.15, -0.1) is 0 Å². The Labute approximate surface area is 141 Å². The third kappa shape index (κ3) is 4.38. The Balaban J connectivity index is 2.34. The second kappa shape index (κ2) is 7.21. The molecule has 25 heavy (non-hydrogen) atoms. The fourth-order valence-electron chi connectivity index (χ4n) is 2.09. The lowest BCUT2D eigenvalue weighted by molar-refractivity contribution is -0.384. The maximum Gasteiger partial charge on any atom is 0.270 e. The van der Waals surface area contributed by atoms with Crippen LogP contribution in [0.15, 0.2) is 42.5 Å². The molecular weight excluding hydrogens is 330 g/mol. The van der Waals surface area contributed by atoms with Gasteiger partial charge in [-0.05, 0) is 24.3 Å². The van der Waals surface area contributed by atoms with Crippen LogP contribution in [0.3, 0.4) is 0 Å². The number of hydrogen-bond donors (Lipinski definition) is 2. The van der Waals surface area contributed by atoms with Gasteiger partial charge in [0.05, 0.1) is 16.5 Å². The summed E-state index contributed by atoms with van der Waals surface area (Å²) in [6, 6.07) is 8.90. The van der Waals surface area contributed by atoms with Crippen molar-refractivity contribution in [1.82, 2.24) is 0 Å². The summed E-state index contributed by atoms with van der Waals surface area (Å²) in [5.41, 5.74) is -0.612. The average molecular weight is 342 g/mol. The second-order valence-electron chi connectivity index (χ2n) is 4.99. The molecule has 9 heteroatoms. The first-order valence-electron chi connectivity index (χ1n) is 6.96. The molecule has 0 heterocycles. The van der Waals surface area contributed by atoms with Gasteiger partial charge in [-0.1, -0.05) is 6.07 Å². The van der Waals surface area contributed by atoms with E-state index in [1.807, 2.05) is 0 Å². The molecule has 0 spiro atoms. The zero-order valence-corrected chi connectivity index (χ0v) is 12.9. The Kier molecular flexibility index (Phi) is 5.08. The minimum absolute atomic E-state index is 0.270. The number of rotatable bonds is 5. The lowest BCUT2D eigenvalue weighted by Gasteiger charge is -2.11. The number of anilines is 2. The van der Waals surface area contributed by atoms with Gasteiger partial charge in [0.15, 0.2) is 0 Å². The van der Waals surface area contributed by atoms with Gasteiger partial charge in [-0.25, -0.2) is 0 Å². The van der Waals surface area contributed by atoms with Crippen LogP contribution in [-0.4, -0.2) is 22.7 Å². The molecule has 0 radical (unpaired) electrons. The number of benzene rings is 2. The van der Waals surface area contributed by atoms with Gasteiger partial charge in [-0.3, -0.25) is 19.7 Å². The molecule has 0 aliphatic rings. The van der Waals surface area contributed by atoms with Gasteiger partial charge >= 0.3 is 0 Å². The molecule has 0 bridgehead atoms. The Hall–Kier alpha value is -3.75. The van der Waals surface area contributed by atoms with Crippen molar-refractivity contribution >= 4 is 34.8 Å². The van der Waals surface area contributed by atoms with E-state index in [1.54, 1.807) is 12.1 Å². The van der Waals surface area contributed by atoms with E-state index < -0.39 is 33.6 Å². The highest BCUT2D eigenvalue weighted by molar-refractivity contribution is 6.11. The third-order valence-electron chi connectivity index (χ3n) is 3.12. The normalized spacial score (nSPS) is 9.96. The molecular formula is C16H12N3O6-. The number of amides is 2. The Bertz CT molecular complexity index is 878. The SMILES string of the molecule is CC(=O)Nc1cccc(NC(=O)c2cc([N+](=O)[O-])ccc2C(=O)[O-])c1. The summed E-state index contributed by atoms with van der Waals surface area (Å²) >= 11 is 0. The van der Waals surface area contributed by atoms with Gasteiger partial charge in [0, 0.05) is 36.0 Å². The first-order chi connectivity index (χ1) is 11.8. The van der Waals surface area contributed by atoms with Crippen molar-refractivity contribution in [3.8, 4) is 0 Å². The lowest BCUT2D eigenvalue weighted by atomic mass is 10.1. The maximum absolute atomic E-state index is 12.3. The molecule has 9 nitrogen and oxygen atoms in total. The molecule has 0 unspecified atom stereocenters. The van der Waals surface area contributed by atoms with Gasteiger partial charge in [0.2, 0.25) is 5.91 Å². The van der Waals surface area contributed by atoms with E-state index in [9.17, 15) is 29.6 Å². The molecule has 2 aromatic carbocycles. The fraction of sp³-hybridized carbons (Fsp3) is 0.0625. The van der Waals surface area contributed by atoms with Crippen LogP contribution >= 0.6 is 0 Å². The van der Waals surface area contributed by atoms with Crippen LogP contribution in [-0.2, 0) is 4.79 Å². The number of nitrogens with one attached hydrogen (secondary N) is 2. The van der Waals surface area contributed by atoms with Gasteiger partial charge < -0.3 is 20.5 Å². The van der Waals surface area contributed by atoms with Crippen LogP contribution in [0.1, 0.15) is 27.6 Å². The minimum Gasteiger partial charge on any atom is -0.545 e. The van der Waals surface area contributed by atoms with Crippen molar-refractivity contribution in [1.29, 1.82) is 0 Å². The van der Waals surface area contributed by atoms with Crippen LogP contribution in [0.2, 0.25) is 0 Å². The number of nitro groups is 1. The molecule has 128 valence electrons. The van der Waals surface area contributed by atoms with Crippen LogP contribution in [0.4, 0.5) is 17.1 Å². The predicted molar refractivity (Wildman–Crippen MR) is 86.1 cm³/mol. The van der Waals surface area contributed by atoms with E-state index in [1.165, 1.54) is 19.1 Å². The van der Waals surface area contributed by atoms with E-state index in [0.29, 0.717) is 5.69 Å². The number of nitro benzene ring substituents is 1. The summed E-state index contributed by atoms with van der Waals surface area (Å²) < 4.78 is 0. The topological polar surface area (TPSA) is 141 Å². The zero-order valence-electron chi connectivity index (χ0n) is 12.9. The fourth-order valence-corrected chi connectivity index (χ4v) is 2.09. The van der Waals surface area contributed by atoms with Crippen molar-refractivity contribution < 1.29 is 24.4 Å². The van der Waals surface area contributed by atoms with Crippen molar-refractivity contribution in [2.45, 2.75) is 6.92 Å². The number of non-ortho nitro benzene ring substituents is 1. The van der Waals surface area contributed by atoms with E-state index >= 15 is 0 Å². The van der Waals surface area contributed by atoms with Crippen molar-refractivity contribution in [2.24, 2.45) is 0 Å². The van der Waals surface area contributed by atoms with Crippen molar-refractivity contribution in [3.63, 3.8) is 0 Å². The lowest BCUT2D eigenvalue weighted by Crippen LogP contribution is -2.26. The van der Waals surface area contributed by atoms with Crippen LogP contribution < -0.4 is 15.7 Å². The number of nitrogens with zero attached hydrogens (tertiary/aromatic N) is 1. The van der Waals surface area contributed by atoms with E-state index in [4.69, 9.17) is 0 Å². The van der Waals surface area contributed by atoms with Crippen LogP contribution in [0, 0.1) is 10.1 Å². The molecule has 0 saturated carbocycles. The summed E-state index contributed by atoms with van der Waals surface area (Å²) in [7, 11) is 0. The predicted octanol–water partition coefficient (Wildman–Crippen LogP) is 1.17. The van der Waals surface area contributed by atoms with Gasteiger partial charge in [0.25, 0.3) is 11.6 Å². The number of carbonyl (C=O) groups is 3. The first-order valence-corrected chi connectivity index (χ1v) is 6.96. The zero-order chi connectivity index (χ0) is 18.6. The molecule has 0 saturated heterocycles. The monoisotopic (exact) mass is 342 g/mol. The maximum atomic E-state index is 12.3. The highest BCUT2D eigenvalue weighted by Gasteiger charge is 2.17. The summed E-state index contributed by atoms with van der Waals surface area (Å²) in [5, 5.41) is 26.9. The Morgan fingerprint density at radius 3 is 2.16 bits per heavy atom. The minimum atomic E-state index is -1.63. The summed E-state index contributed by atoms with van der Waals surface area (Å²) in [6.45, 7) is 1.32. The molecule has 0 atom stereocenters. The molecule has 0 aromatic heterocycles. The molecule has 0 aliphatic heterocycles. The first kappa shape index (κ1) is 17.6. The number of hydrogen-bond acceptors (Lipinski definition) is 6. The number of aromatic carboxylic acids is 1. The Morgan fingerprint density at radius 2 is 1.60 bits per heavy atom. The standard InChI is InChI=1S/C16H13N3O6/c1-9(20)17-10-3-2-4-11(7-10)18-15(21)14-8-12(19(24)25)5-6-13(14)16(22)23/h2-8H,1H3,(H,17,20)(H,18,21)(H,22,23)/p-1. The van der Waals surface area contributed by atoms with Crippen LogP contribution in [0.5, 0.6) is 0 Å². The number of carboxylic acid groups (broad SMARTS) is 1. The molecule has 0 aliphatic carbocycles. The molecule has 2 aromatic rings. The number of carboxylic acids is 1. The van der Waals surface area contributed by atoms with Crippen molar-refractivity contribution in [3.05, 3.63) is 63.7 Å². The summed E-state index contributed by atoms with van der Waals surface area (Å²) in [6.07, 6.45) is 0. The quantitative estimate of drug-likeness (QED) is 0.617. The van der Waals surface area contributed by atoms with Crippen molar-refractivity contribution in [2.75, 3.05) is 10.6 Å². The average Bonchev–Trinajstić information content (AvgIpc) is 2.53. The van der Waals surface area contributed by atoms with Crippen LogP contribution in [0.25, 0.3) is 0 Å². The summed E-state index contributed by atoms with van der Waals surface area (Å²) in [4.78, 5) is 44.6. The largest absolute Gasteiger partial charge is 0.545 e. The number of carbonyl (C=O) groups excluding carboxylic acids is 3. The molecule has 0 fully saturated rings.